The Morgan fingerprint density at radius 3 is 1.90 bits per heavy atom. The van der Waals surface area contributed by atoms with Crippen molar-refractivity contribution in [2.45, 2.75) is 0 Å². The molecule has 0 aromatic rings. The van der Waals surface area contributed by atoms with Gasteiger partial charge in [-0.25, -0.2) is 0 Å². The molecule has 2 N–H and O–H groups in total. The molecule has 0 aliphatic carbocycles. The van der Waals surface area contributed by atoms with Crippen LogP contribution in [0.3, 0.4) is 0 Å². The second-order valence-electron chi connectivity index (χ2n) is 4.85. The number of amides is 2. The summed E-state index contributed by atoms with van der Waals surface area (Å²) >= 11 is 0. The zero-order valence-electron chi connectivity index (χ0n) is 12.0. The van der Waals surface area contributed by atoms with E-state index in [4.69, 9.17) is 10.5 Å². The lowest BCUT2D eigenvalue weighted by molar-refractivity contribution is -0.137. The Morgan fingerprint density at radius 2 is 1.38 bits per heavy atom. The molecular weight excluding hydrogens is 319 g/mol. The molecule has 21 heavy (non-hydrogen) atoms. The highest BCUT2D eigenvalue weighted by Crippen LogP contribution is 2.04. The molecule has 0 bridgehead atoms. The van der Waals surface area contributed by atoms with Gasteiger partial charge in [0.1, 0.15) is 0 Å². The SMILES string of the molecule is Cl.Cl.NCC(=O)N1CCN(CC(=O)N2CCOCC2)CC1. The molecule has 2 aliphatic heterocycles. The fourth-order valence-corrected chi connectivity index (χ4v) is 2.39. The minimum absolute atomic E-state index is 0. The molecule has 9 heteroatoms. The number of nitrogens with two attached hydrogens (primary N) is 1. The number of rotatable bonds is 3. The number of hydrogen-bond acceptors (Lipinski definition) is 5. The number of nitrogens with zero attached hydrogens (tertiary/aromatic N) is 3. The van der Waals surface area contributed by atoms with E-state index in [9.17, 15) is 9.59 Å². The molecule has 2 fully saturated rings. The van der Waals surface area contributed by atoms with Gasteiger partial charge in [-0.15, -0.1) is 24.8 Å². The van der Waals surface area contributed by atoms with Crippen LogP contribution in [0.25, 0.3) is 0 Å². The third kappa shape index (κ3) is 5.96. The predicted octanol–water partition coefficient (Wildman–Crippen LogP) is -1.21. The predicted molar refractivity (Wildman–Crippen MR) is 84.0 cm³/mol. The average molecular weight is 343 g/mol. The molecule has 0 unspecified atom stereocenters. The number of piperazine rings is 1. The molecule has 0 radical (unpaired) electrons. The van der Waals surface area contributed by atoms with Gasteiger partial charge in [-0.3, -0.25) is 14.5 Å². The maximum atomic E-state index is 12.1. The van der Waals surface area contributed by atoms with Crippen molar-refractivity contribution in [2.75, 3.05) is 65.6 Å². The van der Waals surface area contributed by atoms with Gasteiger partial charge in [0.15, 0.2) is 0 Å². The molecule has 0 saturated carbocycles. The maximum Gasteiger partial charge on any atom is 0.236 e. The van der Waals surface area contributed by atoms with Gasteiger partial charge in [0, 0.05) is 39.3 Å². The zero-order chi connectivity index (χ0) is 13.7. The smallest absolute Gasteiger partial charge is 0.236 e. The van der Waals surface area contributed by atoms with Crippen LogP contribution in [0.1, 0.15) is 0 Å². The third-order valence-electron chi connectivity index (χ3n) is 3.62. The monoisotopic (exact) mass is 342 g/mol. The summed E-state index contributed by atoms with van der Waals surface area (Å²) in [4.78, 5) is 29.2. The van der Waals surface area contributed by atoms with Gasteiger partial charge >= 0.3 is 0 Å². The summed E-state index contributed by atoms with van der Waals surface area (Å²) in [6.45, 7) is 5.92. The molecular formula is C12H24Cl2N4O3. The number of halogens is 2. The highest BCUT2D eigenvalue weighted by molar-refractivity contribution is 5.85. The van der Waals surface area contributed by atoms with Crippen molar-refractivity contribution in [3.05, 3.63) is 0 Å². The number of ether oxygens (including phenoxy) is 1. The van der Waals surface area contributed by atoms with E-state index >= 15 is 0 Å². The first-order valence-electron chi connectivity index (χ1n) is 6.76. The van der Waals surface area contributed by atoms with Gasteiger partial charge in [-0.2, -0.15) is 0 Å². The molecule has 0 atom stereocenters. The van der Waals surface area contributed by atoms with E-state index < -0.39 is 0 Å². The Kier molecular flexibility index (Phi) is 9.89. The summed E-state index contributed by atoms with van der Waals surface area (Å²) < 4.78 is 5.23. The zero-order valence-corrected chi connectivity index (χ0v) is 13.7. The van der Waals surface area contributed by atoms with Gasteiger partial charge in [-0.1, -0.05) is 0 Å². The summed E-state index contributed by atoms with van der Waals surface area (Å²) in [5, 5.41) is 0. The van der Waals surface area contributed by atoms with Crippen LogP contribution >= 0.6 is 24.8 Å². The highest BCUT2D eigenvalue weighted by Gasteiger charge is 2.24. The molecule has 124 valence electrons. The Hall–Kier alpha value is -0.600. The first-order chi connectivity index (χ1) is 9.20. The highest BCUT2D eigenvalue weighted by atomic mass is 35.5. The molecule has 2 heterocycles. The van der Waals surface area contributed by atoms with E-state index in [2.05, 4.69) is 4.90 Å². The van der Waals surface area contributed by atoms with E-state index in [0.29, 0.717) is 45.9 Å². The summed E-state index contributed by atoms with van der Waals surface area (Å²) in [5.41, 5.74) is 5.34. The normalized spacial score (nSPS) is 19.5. The van der Waals surface area contributed by atoms with Crippen LogP contribution in [0.2, 0.25) is 0 Å². The molecule has 0 aromatic heterocycles. The van der Waals surface area contributed by atoms with Gasteiger partial charge in [-0.05, 0) is 0 Å². The van der Waals surface area contributed by atoms with Crippen LogP contribution in [0, 0.1) is 0 Å². The van der Waals surface area contributed by atoms with Gasteiger partial charge in [0.25, 0.3) is 0 Å². The van der Waals surface area contributed by atoms with E-state index in [1.165, 1.54) is 0 Å². The molecule has 2 aliphatic rings. The minimum Gasteiger partial charge on any atom is -0.378 e. The third-order valence-corrected chi connectivity index (χ3v) is 3.62. The number of carbonyl (C=O) groups is 2. The topological polar surface area (TPSA) is 79.1 Å². The lowest BCUT2D eigenvalue weighted by Gasteiger charge is -2.35. The quantitative estimate of drug-likeness (QED) is 0.696. The number of morpholine rings is 1. The van der Waals surface area contributed by atoms with Crippen LogP contribution < -0.4 is 5.73 Å². The average Bonchev–Trinajstić information content (AvgIpc) is 2.48. The van der Waals surface area contributed by atoms with Crippen molar-refractivity contribution in [1.82, 2.24) is 14.7 Å². The summed E-state index contributed by atoms with van der Waals surface area (Å²) in [6.07, 6.45) is 0. The Balaban J connectivity index is 0.00000200. The van der Waals surface area contributed by atoms with Gasteiger partial charge in [0.05, 0.1) is 26.3 Å². The van der Waals surface area contributed by atoms with Crippen LogP contribution in [0.4, 0.5) is 0 Å². The Morgan fingerprint density at radius 1 is 0.857 bits per heavy atom. The number of hydrogen-bond donors (Lipinski definition) is 1. The standard InChI is InChI=1S/C12H22N4O3.2ClH/c13-9-11(17)15-3-1-14(2-4-15)10-12(18)16-5-7-19-8-6-16;;/h1-10,13H2;2*1H. The number of carbonyl (C=O) groups excluding carboxylic acids is 2. The molecule has 2 amide bonds. The summed E-state index contributed by atoms with van der Waals surface area (Å²) in [5.74, 6) is 0.140. The van der Waals surface area contributed by atoms with Crippen molar-refractivity contribution in [2.24, 2.45) is 5.73 Å². The van der Waals surface area contributed by atoms with Crippen LogP contribution in [-0.2, 0) is 14.3 Å². The fourth-order valence-electron chi connectivity index (χ4n) is 2.39. The van der Waals surface area contributed by atoms with Gasteiger partial charge < -0.3 is 20.3 Å². The van der Waals surface area contributed by atoms with Gasteiger partial charge in [0.2, 0.25) is 11.8 Å². The van der Waals surface area contributed by atoms with E-state index in [1.54, 1.807) is 4.90 Å². The van der Waals surface area contributed by atoms with E-state index in [-0.39, 0.29) is 43.2 Å². The molecule has 7 nitrogen and oxygen atoms in total. The lowest BCUT2D eigenvalue weighted by atomic mass is 10.3. The van der Waals surface area contributed by atoms with Crippen molar-refractivity contribution in [1.29, 1.82) is 0 Å². The van der Waals surface area contributed by atoms with Crippen molar-refractivity contribution in [3.8, 4) is 0 Å². The summed E-state index contributed by atoms with van der Waals surface area (Å²) in [7, 11) is 0. The maximum absolute atomic E-state index is 12.1. The van der Waals surface area contributed by atoms with Crippen LogP contribution in [-0.4, -0.2) is 92.1 Å². The fraction of sp³-hybridized carbons (Fsp3) is 0.833. The van der Waals surface area contributed by atoms with Crippen molar-refractivity contribution < 1.29 is 14.3 Å². The van der Waals surface area contributed by atoms with Crippen molar-refractivity contribution >= 4 is 36.6 Å². The van der Waals surface area contributed by atoms with Crippen molar-refractivity contribution in [3.63, 3.8) is 0 Å². The molecule has 0 aromatic carbocycles. The molecule has 2 saturated heterocycles. The summed E-state index contributed by atoms with van der Waals surface area (Å²) in [6, 6.07) is 0. The first kappa shape index (κ1) is 20.4. The van der Waals surface area contributed by atoms with Crippen LogP contribution in [0.5, 0.6) is 0 Å². The largest absolute Gasteiger partial charge is 0.378 e. The van der Waals surface area contributed by atoms with Crippen LogP contribution in [0.15, 0.2) is 0 Å². The lowest BCUT2D eigenvalue weighted by Crippen LogP contribution is -2.53. The van der Waals surface area contributed by atoms with E-state index in [1.807, 2.05) is 4.90 Å². The molecule has 2 rings (SSSR count). The second-order valence-corrected chi connectivity index (χ2v) is 4.85. The minimum atomic E-state index is -0.0147. The van der Waals surface area contributed by atoms with E-state index in [0.717, 1.165) is 13.1 Å². The first-order valence-corrected chi connectivity index (χ1v) is 6.76. The Labute approximate surface area is 137 Å². The molecule has 0 spiro atoms. The second kappa shape index (κ2) is 10.2. The Bertz CT molecular complexity index is 332.